The third-order valence-electron chi connectivity index (χ3n) is 2.33. The summed E-state index contributed by atoms with van der Waals surface area (Å²) in [5.41, 5.74) is 0.995. The molecule has 3 aromatic rings. The van der Waals surface area contributed by atoms with E-state index in [1.54, 1.807) is 12.4 Å². The minimum absolute atomic E-state index is 0.995. The van der Waals surface area contributed by atoms with E-state index in [0.29, 0.717) is 0 Å². The smallest absolute Gasteiger partial charge is 0.0796 e. The Labute approximate surface area is 81.2 Å². The van der Waals surface area contributed by atoms with Crippen LogP contribution in [0.15, 0.2) is 42.9 Å². The van der Waals surface area contributed by atoms with Crippen LogP contribution >= 0.6 is 0 Å². The van der Waals surface area contributed by atoms with Gasteiger partial charge in [0.05, 0.1) is 5.52 Å². The Hall–Kier alpha value is -1.96. The van der Waals surface area contributed by atoms with Crippen molar-refractivity contribution in [3.63, 3.8) is 0 Å². The van der Waals surface area contributed by atoms with Crippen LogP contribution in [0.4, 0.5) is 0 Å². The van der Waals surface area contributed by atoms with E-state index in [9.17, 15) is 0 Å². The van der Waals surface area contributed by atoms with Crippen molar-refractivity contribution in [1.82, 2.24) is 9.97 Å². The Morgan fingerprint density at radius 3 is 3.00 bits per heavy atom. The van der Waals surface area contributed by atoms with Gasteiger partial charge in [0, 0.05) is 35.4 Å². The molecule has 0 aliphatic heterocycles. The Bertz CT molecular complexity index is 547. The quantitative estimate of drug-likeness (QED) is 0.496. The Morgan fingerprint density at radius 2 is 2.00 bits per heavy atom. The molecule has 0 fully saturated rings. The molecule has 0 saturated heterocycles. The largest absolute Gasteiger partial charge is 0.264 e. The van der Waals surface area contributed by atoms with Crippen LogP contribution < -0.4 is 0 Å². The third-order valence-corrected chi connectivity index (χ3v) is 2.33. The van der Waals surface area contributed by atoms with E-state index in [-0.39, 0.29) is 0 Å². The highest BCUT2D eigenvalue weighted by Crippen LogP contribution is 2.21. The molecular weight excluding hydrogens is 172 g/mol. The lowest BCUT2D eigenvalue weighted by Crippen LogP contribution is -1.81. The van der Waals surface area contributed by atoms with Gasteiger partial charge in [0.1, 0.15) is 0 Å². The summed E-state index contributed by atoms with van der Waals surface area (Å²) < 4.78 is 0. The first-order valence-electron chi connectivity index (χ1n) is 4.44. The maximum atomic E-state index is 4.31. The second-order valence-electron chi connectivity index (χ2n) is 3.17. The second-order valence-corrected chi connectivity index (χ2v) is 3.17. The molecule has 0 amide bonds. The van der Waals surface area contributed by atoms with Crippen molar-refractivity contribution in [1.29, 1.82) is 0 Å². The SMILES string of the molecule is [c]1cnc2c(c1)ccc1ccncc12. The zero-order valence-electron chi connectivity index (χ0n) is 7.44. The highest BCUT2D eigenvalue weighted by atomic mass is 14.7. The fourth-order valence-corrected chi connectivity index (χ4v) is 1.65. The molecule has 3 rings (SSSR count). The number of pyridine rings is 2. The molecule has 1 radical (unpaired) electrons. The molecule has 0 spiro atoms. The maximum Gasteiger partial charge on any atom is 0.0796 e. The van der Waals surface area contributed by atoms with Crippen molar-refractivity contribution in [2.45, 2.75) is 0 Å². The van der Waals surface area contributed by atoms with Crippen LogP contribution in [0.1, 0.15) is 0 Å². The lowest BCUT2D eigenvalue weighted by molar-refractivity contribution is 1.35. The fourth-order valence-electron chi connectivity index (χ4n) is 1.65. The summed E-state index contributed by atoms with van der Waals surface area (Å²) in [6, 6.07) is 11.0. The molecule has 0 saturated carbocycles. The number of hydrogen-bond acceptors (Lipinski definition) is 2. The van der Waals surface area contributed by atoms with E-state index in [1.807, 2.05) is 18.3 Å². The highest BCUT2D eigenvalue weighted by Gasteiger charge is 1.99. The Morgan fingerprint density at radius 1 is 1.07 bits per heavy atom. The number of benzene rings is 1. The predicted octanol–water partition coefficient (Wildman–Crippen LogP) is 2.58. The average Bonchev–Trinajstić information content (AvgIpc) is 2.29. The van der Waals surface area contributed by atoms with Crippen LogP contribution in [0, 0.1) is 6.07 Å². The first kappa shape index (κ1) is 7.44. The monoisotopic (exact) mass is 179 g/mol. The molecule has 0 bridgehead atoms. The summed E-state index contributed by atoms with van der Waals surface area (Å²) in [5, 5.41) is 3.37. The topological polar surface area (TPSA) is 25.8 Å². The van der Waals surface area contributed by atoms with Crippen LogP contribution in [0.2, 0.25) is 0 Å². The normalized spacial score (nSPS) is 10.9. The van der Waals surface area contributed by atoms with E-state index in [2.05, 4.69) is 28.2 Å². The zero-order valence-corrected chi connectivity index (χ0v) is 7.44. The van der Waals surface area contributed by atoms with Crippen molar-refractivity contribution in [3.8, 4) is 0 Å². The van der Waals surface area contributed by atoms with E-state index in [0.717, 1.165) is 16.3 Å². The van der Waals surface area contributed by atoms with Crippen LogP contribution in [-0.4, -0.2) is 9.97 Å². The van der Waals surface area contributed by atoms with Gasteiger partial charge in [-0.15, -0.1) is 0 Å². The number of nitrogens with zero attached hydrogens (tertiary/aromatic N) is 2. The summed E-state index contributed by atoms with van der Waals surface area (Å²) in [5.74, 6) is 0. The molecule has 14 heavy (non-hydrogen) atoms. The molecule has 2 heteroatoms. The lowest BCUT2D eigenvalue weighted by atomic mass is 10.1. The van der Waals surface area contributed by atoms with Gasteiger partial charge in [0.2, 0.25) is 0 Å². The molecule has 2 nitrogen and oxygen atoms in total. The second kappa shape index (κ2) is 2.77. The van der Waals surface area contributed by atoms with Gasteiger partial charge in [-0.25, -0.2) is 0 Å². The van der Waals surface area contributed by atoms with Crippen molar-refractivity contribution in [2.24, 2.45) is 0 Å². The van der Waals surface area contributed by atoms with Gasteiger partial charge in [0.15, 0.2) is 0 Å². The fraction of sp³-hybridized carbons (Fsp3) is 0. The van der Waals surface area contributed by atoms with E-state index >= 15 is 0 Å². The molecule has 0 unspecified atom stereocenters. The molecule has 2 heterocycles. The summed E-state index contributed by atoms with van der Waals surface area (Å²) in [6.45, 7) is 0. The molecule has 0 N–H and O–H groups in total. The molecule has 0 aliphatic carbocycles. The Balaban J connectivity index is 2.61. The van der Waals surface area contributed by atoms with Gasteiger partial charge < -0.3 is 0 Å². The summed E-state index contributed by atoms with van der Waals surface area (Å²) in [7, 11) is 0. The minimum atomic E-state index is 0.995. The third kappa shape index (κ3) is 0.973. The molecule has 1 aromatic carbocycles. The lowest BCUT2D eigenvalue weighted by Gasteiger charge is -2.00. The van der Waals surface area contributed by atoms with Crippen molar-refractivity contribution < 1.29 is 0 Å². The first-order chi connectivity index (χ1) is 6.95. The molecule has 2 aromatic heterocycles. The number of hydrogen-bond donors (Lipinski definition) is 0. The van der Waals surface area contributed by atoms with Gasteiger partial charge >= 0.3 is 0 Å². The molecule has 0 atom stereocenters. The van der Waals surface area contributed by atoms with Crippen LogP contribution in [0.5, 0.6) is 0 Å². The highest BCUT2D eigenvalue weighted by molar-refractivity contribution is 6.04. The maximum absolute atomic E-state index is 4.31. The average molecular weight is 179 g/mol. The Kier molecular flexibility index (Phi) is 1.47. The van der Waals surface area contributed by atoms with Crippen molar-refractivity contribution >= 4 is 21.7 Å². The minimum Gasteiger partial charge on any atom is -0.264 e. The van der Waals surface area contributed by atoms with Gasteiger partial charge in [-0.1, -0.05) is 12.1 Å². The van der Waals surface area contributed by atoms with Crippen molar-refractivity contribution in [2.75, 3.05) is 0 Å². The first-order valence-corrected chi connectivity index (χ1v) is 4.44. The molecule has 0 aliphatic rings. The number of rotatable bonds is 0. The zero-order chi connectivity index (χ0) is 9.38. The van der Waals surface area contributed by atoms with E-state index < -0.39 is 0 Å². The van der Waals surface area contributed by atoms with Gasteiger partial charge in [-0.2, -0.15) is 0 Å². The molecule has 65 valence electrons. The predicted molar refractivity (Wildman–Crippen MR) is 55.9 cm³/mol. The van der Waals surface area contributed by atoms with Crippen LogP contribution in [-0.2, 0) is 0 Å². The van der Waals surface area contributed by atoms with Gasteiger partial charge in [-0.3, -0.25) is 9.97 Å². The van der Waals surface area contributed by atoms with Gasteiger partial charge in [0.25, 0.3) is 0 Å². The summed E-state index contributed by atoms with van der Waals surface area (Å²) in [4.78, 5) is 8.43. The standard InChI is InChI=1S/C12H7N2/c1-2-10-4-3-9-5-7-13-8-11(9)12(10)14-6-1/h2-8H. The van der Waals surface area contributed by atoms with Gasteiger partial charge in [-0.05, 0) is 17.5 Å². The summed E-state index contributed by atoms with van der Waals surface area (Å²) >= 11 is 0. The van der Waals surface area contributed by atoms with E-state index in [4.69, 9.17) is 0 Å². The van der Waals surface area contributed by atoms with Crippen molar-refractivity contribution in [3.05, 3.63) is 48.9 Å². The van der Waals surface area contributed by atoms with Crippen LogP contribution in [0.25, 0.3) is 21.7 Å². The molecular formula is C12H7N2. The van der Waals surface area contributed by atoms with Crippen LogP contribution in [0.3, 0.4) is 0 Å². The summed E-state index contributed by atoms with van der Waals surface area (Å²) in [6.07, 6.45) is 5.34. The number of aromatic nitrogens is 2. The van der Waals surface area contributed by atoms with E-state index in [1.165, 1.54) is 5.39 Å². The number of fused-ring (bicyclic) bond motifs is 3.